The lowest BCUT2D eigenvalue weighted by Crippen LogP contribution is -2.48. The van der Waals surface area contributed by atoms with Crippen LogP contribution in [0.4, 0.5) is 10.5 Å². The zero-order valence-electron chi connectivity index (χ0n) is 19.1. The van der Waals surface area contributed by atoms with Gasteiger partial charge in [0, 0.05) is 50.4 Å². The molecule has 176 valence electrons. The first-order chi connectivity index (χ1) is 16.1. The lowest BCUT2D eigenvalue weighted by Gasteiger charge is -2.35. The fraction of sp³-hybridized carbons (Fsp3) is 0.542. The molecule has 2 aliphatic rings. The van der Waals surface area contributed by atoms with Gasteiger partial charge in [0.1, 0.15) is 6.07 Å². The van der Waals surface area contributed by atoms with Gasteiger partial charge < -0.3 is 29.3 Å². The Morgan fingerprint density at radius 2 is 1.88 bits per heavy atom. The van der Waals surface area contributed by atoms with Crippen molar-refractivity contribution in [3.63, 3.8) is 0 Å². The van der Waals surface area contributed by atoms with Crippen molar-refractivity contribution in [2.45, 2.75) is 25.7 Å². The summed E-state index contributed by atoms with van der Waals surface area (Å²) >= 11 is 0. The van der Waals surface area contributed by atoms with Gasteiger partial charge in [-0.25, -0.2) is 4.79 Å². The summed E-state index contributed by atoms with van der Waals surface area (Å²) in [6.45, 7) is 5.78. The summed E-state index contributed by atoms with van der Waals surface area (Å²) in [6, 6.07) is 5.98. The van der Waals surface area contributed by atoms with Gasteiger partial charge >= 0.3 is 6.09 Å². The van der Waals surface area contributed by atoms with Crippen molar-refractivity contribution in [1.82, 2.24) is 14.8 Å². The Balaban J connectivity index is 1.53. The number of anilines is 1. The topological polar surface area (TPSA) is 102 Å². The summed E-state index contributed by atoms with van der Waals surface area (Å²) in [5, 5.41) is 19.7. The van der Waals surface area contributed by atoms with Gasteiger partial charge in [-0.2, -0.15) is 5.26 Å². The maximum absolute atomic E-state index is 11.3. The van der Waals surface area contributed by atoms with E-state index in [9.17, 15) is 15.2 Å². The molecule has 9 nitrogen and oxygen atoms in total. The van der Waals surface area contributed by atoms with E-state index in [4.69, 9.17) is 9.47 Å². The summed E-state index contributed by atoms with van der Waals surface area (Å²) in [4.78, 5) is 21.7. The zero-order chi connectivity index (χ0) is 23.2. The lowest BCUT2D eigenvalue weighted by atomic mass is 10.1. The fourth-order valence-corrected chi connectivity index (χ4v) is 4.66. The number of ether oxygens (including phenoxy) is 2. The third-order valence-electron chi connectivity index (χ3n) is 6.44. The van der Waals surface area contributed by atoms with Crippen molar-refractivity contribution in [2.24, 2.45) is 0 Å². The van der Waals surface area contributed by atoms with Crippen molar-refractivity contribution >= 4 is 22.7 Å². The number of benzene rings is 1. The number of piperidine rings is 1. The molecular formula is C24H31N5O4. The average molecular weight is 454 g/mol. The van der Waals surface area contributed by atoms with Gasteiger partial charge in [0.2, 0.25) is 0 Å². The van der Waals surface area contributed by atoms with Crippen molar-refractivity contribution < 1.29 is 19.4 Å². The summed E-state index contributed by atoms with van der Waals surface area (Å²) in [5.74, 6) is 1.24. The quantitative estimate of drug-likeness (QED) is 0.638. The molecule has 2 saturated heterocycles. The highest BCUT2D eigenvalue weighted by atomic mass is 16.5. The highest BCUT2D eigenvalue weighted by Crippen LogP contribution is 2.38. The number of likely N-dealkylation sites (tertiary alicyclic amines) is 1. The second kappa shape index (κ2) is 10.6. The van der Waals surface area contributed by atoms with Gasteiger partial charge in [0.15, 0.2) is 11.5 Å². The molecule has 0 spiro atoms. The van der Waals surface area contributed by atoms with Gasteiger partial charge in [-0.3, -0.25) is 4.98 Å². The number of piperazine rings is 1. The van der Waals surface area contributed by atoms with E-state index in [1.54, 1.807) is 13.3 Å². The van der Waals surface area contributed by atoms with Crippen molar-refractivity contribution in [3.8, 4) is 17.6 Å². The van der Waals surface area contributed by atoms with Crippen LogP contribution in [-0.4, -0.2) is 85.5 Å². The molecule has 2 fully saturated rings. The summed E-state index contributed by atoms with van der Waals surface area (Å²) in [7, 11) is 1.61. The molecule has 1 amide bonds. The Hall–Kier alpha value is -3.25. The van der Waals surface area contributed by atoms with Crippen LogP contribution in [0.15, 0.2) is 18.3 Å². The molecule has 2 aromatic rings. The van der Waals surface area contributed by atoms with Crippen LogP contribution in [-0.2, 0) is 0 Å². The monoisotopic (exact) mass is 453 g/mol. The number of hydrogen-bond acceptors (Lipinski definition) is 7. The largest absolute Gasteiger partial charge is 0.493 e. The number of aromatic nitrogens is 1. The number of carbonyl (C=O) groups is 1. The number of nitrogens with zero attached hydrogens (tertiary/aromatic N) is 5. The van der Waals surface area contributed by atoms with E-state index in [1.165, 1.54) is 37.3 Å². The number of hydrogen-bond donors (Lipinski definition) is 1. The van der Waals surface area contributed by atoms with Gasteiger partial charge in [-0.15, -0.1) is 0 Å². The number of carboxylic acid groups (broad SMARTS) is 1. The standard InChI is InChI=1S/C24H31N5O4/c1-32-21-14-19-20(15-22(21)33-13-5-8-27-6-3-2-4-7-27)26-17-18(16-25)23(19)28-9-11-29(12-10-28)24(30)31/h14-15,17H,2-13H2,1H3,(H,30,31). The smallest absolute Gasteiger partial charge is 0.407 e. The van der Waals surface area contributed by atoms with Gasteiger partial charge in [-0.1, -0.05) is 6.42 Å². The minimum Gasteiger partial charge on any atom is -0.493 e. The Morgan fingerprint density at radius 1 is 1.12 bits per heavy atom. The molecule has 1 aromatic carbocycles. The molecule has 1 N–H and O–H groups in total. The number of pyridine rings is 1. The van der Waals surface area contributed by atoms with E-state index in [1.807, 2.05) is 12.1 Å². The minimum absolute atomic E-state index is 0.388. The second-order valence-electron chi connectivity index (χ2n) is 8.51. The van der Waals surface area contributed by atoms with E-state index >= 15 is 0 Å². The van der Waals surface area contributed by atoms with Crippen LogP contribution >= 0.6 is 0 Å². The van der Waals surface area contributed by atoms with Crippen LogP contribution < -0.4 is 14.4 Å². The van der Waals surface area contributed by atoms with Crippen LogP contribution in [0, 0.1) is 11.3 Å². The number of rotatable bonds is 7. The molecule has 0 saturated carbocycles. The van der Waals surface area contributed by atoms with E-state index in [2.05, 4.69) is 20.9 Å². The molecule has 3 heterocycles. The molecule has 1 aromatic heterocycles. The first-order valence-electron chi connectivity index (χ1n) is 11.6. The lowest BCUT2D eigenvalue weighted by molar-refractivity contribution is 0.142. The molecule has 0 radical (unpaired) electrons. The third kappa shape index (κ3) is 5.22. The predicted molar refractivity (Wildman–Crippen MR) is 125 cm³/mol. The van der Waals surface area contributed by atoms with Crippen LogP contribution in [0.25, 0.3) is 10.9 Å². The number of amides is 1. The molecule has 9 heteroatoms. The van der Waals surface area contributed by atoms with E-state index in [-0.39, 0.29) is 0 Å². The Bertz CT molecular complexity index is 1020. The minimum atomic E-state index is -0.918. The molecule has 0 bridgehead atoms. The van der Waals surface area contributed by atoms with Crippen LogP contribution in [0.1, 0.15) is 31.2 Å². The van der Waals surface area contributed by atoms with Crippen LogP contribution in [0.2, 0.25) is 0 Å². The first-order valence-corrected chi connectivity index (χ1v) is 11.6. The molecule has 33 heavy (non-hydrogen) atoms. The summed E-state index contributed by atoms with van der Waals surface area (Å²) in [6.07, 6.45) is 5.50. The van der Waals surface area contributed by atoms with Crippen LogP contribution in [0.3, 0.4) is 0 Å². The van der Waals surface area contributed by atoms with E-state index in [0.717, 1.165) is 29.6 Å². The normalized spacial score (nSPS) is 17.1. The van der Waals surface area contributed by atoms with E-state index < -0.39 is 6.09 Å². The van der Waals surface area contributed by atoms with Crippen LogP contribution in [0.5, 0.6) is 11.5 Å². The first kappa shape index (κ1) is 22.9. The molecular weight excluding hydrogens is 422 g/mol. The highest BCUT2D eigenvalue weighted by Gasteiger charge is 2.25. The van der Waals surface area contributed by atoms with Crippen molar-refractivity contribution in [1.29, 1.82) is 5.26 Å². The van der Waals surface area contributed by atoms with Gasteiger partial charge in [0.05, 0.1) is 30.5 Å². The Morgan fingerprint density at radius 3 is 2.55 bits per heavy atom. The number of fused-ring (bicyclic) bond motifs is 1. The molecule has 2 aliphatic heterocycles. The Labute approximate surface area is 194 Å². The summed E-state index contributed by atoms with van der Waals surface area (Å²) in [5.41, 5.74) is 1.95. The molecule has 0 unspecified atom stereocenters. The third-order valence-corrected chi connectivity index (χ3v) is 6.44. The Kier molecular flexibility index (Phi) is 7.35. The fourth-order valence-electron chi connectivity index (χ4n) is 4.66. The van der Waals surface area contributed by atoms with Crippen molar-refractivity contribution in [2.75, 3.05) is 64.4 Å². The summed E-state index contributed by atoms with van der Waals surface area (Å²) < 4.78 is 11.7. The van der Waals surface area contributed by atoms with Gasteiger partial charge in [0.25, 0.3) is 0 Å². The number of methoxy groups -OCH3 is 1. The second-order valence-corrected chi connectivity index (χ2v) is 8.51. The maximum Gasteiger partial charge on any atom is 0.407 e. The highest BCUT2D eigenvalue weighted by molar-refractivity contribution is 5.96. The zero-order valence-corrected chi connectivity index (χ0v) is 19.1. The molecule has 0 aliphatic carbocycles. The van der Waals surface area contributed by atoms with Crippen molar-refractivity contribution in [3.05, 3.63) is 23.9 Å². The predicted octanol–water partition coefficient (Wildman–Crippen LogP) is 3.17. The molecule has 4 rings (SSSR count). The molecule has 0 atom stereocenters. The maximum atomic E-state index is 11.3. The SMILES string of the molecule is COc1cc2c(N3CCN(C(=O)O)CC3)c(C#N)cnc2cc1OCCCN1CCCCC1. The van der Waals surface area contributed by atoms with Gasteiger partial charge in [-0.05, 0) is 38.4 Å². The van der Waals surface area contributed by atoms with E-state index in [0.29, 0.717) is 49.8 Å². The number of nitriles is 1. The average Bonchev–Trinajstić information content (AvgIpc) is 2.86.